The minimum Gasteiger partial charge on any atom is -0.475 e. The molecule has 0 fully saturated rings. The normalized spacial score (nSPS) is 28.9. The fraction of sp³-hybridized carbons (Fsp3) is 0.611. The maximum Gasteiger partial charge on any atom is 0.265 e. The lowest BCUT2D eigenvalue weighted by Crippen LogP contribution is -2.52. The highest BCUT2D eigenvalue weighted by molar-refractivity contribution is 6.20. The zero-order valence-corrected chi connectivity index (χ0v) is 14.7. The van der Waals surface area contributed by atoms with E-state index < -0.39 is 5.41 Å². The molecule has 0 spiro atoms. The Bertz CT molecular complexity index is 691. The van der Waals surface area contributed by atoms with Gasteiger partial charge in [-0.2, -0.15) is 0 Å². The molecule has 0 unspecified atom stereocenters. The maximum absolute atomic E-state index is 13.2. The summed E-state index contributed by atoms with van der Waals surface area (Å²) in [7, 11) is 3.85. The number of nitrogens with zero attached hydrogens (tertiary/aromatic N) is 2. The molecule has 1 heterocycles. The van der Waals surface area contributed by atoms with Gasteiger partial charge in [0.2, 0.25) is 0 Å². The third-order valence-corrected chi connectivity index (χ3v) is 5.24. The third-order valence-electron chi connectivity index (χ3n) is 5.24. The molecule has 6 heteroatoms. The van der Waals surface area contributed by atoms with Crippen LogP contribution < -0.4 is 4.74 Å². The van der Waals surface area contributed by atoms with Gasteiger partial charge in [0.05, 0.1) is 18.1 Å². The van der Waals surface area contributed by atoms with Gasteiger partial charge in [-0.1, -0.05) is 19.4 Å². The van der Waals surface area contributed by atoms with Gasteiger partial charge in [0.25, 0.3) is 5.88 Å². The summed E-state index contributed by atoms with van der Waals surface area (Å²) in [4.78, 5) is 27.8. The van der Waals surface area contributed by atoms with E-state index in [0.717, 1.165) is 12.8 Å². The molecule has 0 amide bonds. The second-order valence-electron chi connectivity index (χ2n) is 6.98. The molecule has 130 valence electrons. The van der Waals surface area contributed by atoms with Crippen molar-refractivity contribution in [1.82, 2.24) is 10.1 Å². The van der Waals surface area contributed by atoms with Crippen LogP contribution in [0.4, 0.5) is 0 Å². The molecule has 0 aliphatic heterocycles. The molecular formula is C18H24N2O4. The molecule has 0 radical (unpaired) electrons. The van der Waals surface area contributed by atoms with E-state index in [0.29, 0.717) is 24.4 Å². The number of aromatic nitrogens is 1. The molecule has 3 rings (SSSR count). The molecule has 1 aromatic heterocycles. The predicted octanol–water partition coefficient (Wildman–Crippen LogP) is 2.80. The summed E-state index contributed by atoms with van der Waals surface area (Å²) in [6.45, 7) is 4.28. The average molecular weight is 332 g/mol. The number of allylic oxidation sites excluding steroid dienone is 2. The molecule has 3 atom stereocenters. The Morgan fingerprint density at radius 3 is 2.83 bits per heavy atom. The van der Waals surface area contributed by atoms with Crippen molar-refractivity contribution < 1.29 is 18.8 Å². The summed E-state index contributed by atoms with van der Waals surface area (Å²) in [5.74, 6) is 0.186. The lowest BCUT2D eigenvalue weighted by molar-refractivity contribution is -0.125. The Hall–Kier alpha value is -1.95. The Morgan fingerprint density at radius 2 is 2.17 bits per heavy atom. The van der Waals surface area contributed by atoms with Gasteiger partial charge in [-0.25, -0.2) is 0 Å². The minimum absolute atomic E-state index is 0.151. The van der Waals surface area contributed by atoms with Crippen molar-refractivity contribution in [2.24, 2.45) is 11.3 Å². The first-order valence-electron chi connectivity index (χ1n) is 8.47. The van der Waals surface area contributed by atoms with E-state index in [1.54, 1.807) is 6.92 Å². The summed E-state index contributed by atoms with van der Waals surface area (Å²) < 4.78 is 11.2. The molecule has 0 aromatic carbocycles. The van der Waals surface area contributed by atoms with Crippen LogP contribution in [0, 0.1) is 11.3 Å². The summed E-state index contributed by atoms with van der Waals surface area (Å²) in [5.41, 5.74) is -0.752. The number of rotatable bonds is 5. The number of hydrogen-bond acceptors (Lipinski definition) is 6. The second kappa shape index (κ2) is 6.16. The first-order valence-corrected chi connectivity index (χ1v) is 8.47. The second-order valence-corrected chi connectivity index (χ2v) is 6.98. The highest BCUT2D eigenvalue weighted by atomic mass is 16.5. The van der Waals surface area contributed by atoms with Crippen LogP contribution in [-0.4, -0.2) is 42.3 Å². The molecular weight excluding hydrogens is 308 g/mol. The fourth-order valence-electron chi connectivity index (χ4n) is 3.78. The van der Waals surface area contributed by atoms with Crippen LogP contribution >= 0.6 is 0 Å². The molecule has 0 N–H and O–H groups in total. The van der Waals surface area contributed by atoms with Gasteiger partial charge in [-0.05, 0) is 45.1 Å². The maximum atomic E-state index is 13.2. The zero-order chi connectivity index (χ0) is 17.5. The van der Waals surface area contributed by atoms with Crippen molar-refractivity contribution in [3.05, 3.63) is 23.5 Å². The van der Waals surface area contributed by atoms with E-state index in [-0.39, 0.29) is 29.4 Å². The lowest BCUT2D eigenvalue weighted by Gasteiger charge is -2.45. The van der Waals surface area contributed by atoms with Crippen molar-refractivity contribution in [3.8, 4) is 5.88 Å². The van der Waals surface area contributed by atoms with Crippen LogP contribution in [0.25, 0.3) is 0 Å². The summed E-state index contributed by atoms with van der Waals surface area (Å²) in [5, 5.41) is 3.99. The van der Waals surface area contributed by atoms with Crippen LogP contribution in [0.5, 0.6) is 5.88 Å². The van der Waals surface area contributed by atoms with E-state index in [9.17, 15) is 9.59 Å². The summed E-state index contributed by atoms with van der Waals surface area (Å²) >= 11 is 0. The zero-order valence-electron chi connectivity index (χ0n) is 14.7. The van der Waals surface area contributed by atoms with Gasteiger partial charge >= 0.3 is 0 Å². The minimum atomic E-state index is -1.09. The van der Waals surface area contributed by atoms with Gasteiger partial charge in [0, 0.05) is 5.92 Å². The molecule has 6 nitrogen and oxygen atoms in total. The summed E-state index contributed by atoms with van der Waals surface area (Å²) in [6, 6.07) is -0.187. The fourth-order valence-corrected chi connectivity index (χ4v) is 3.78. The van der Waals surface area contributed by atoms with E-state index in [4.69, 9.17) is 9.26 Å². The van der Waals surface area contributed by atoms with Gasteiger partial charge in [-0.15, -0.1) is 0 Å². The van der Waals surface area contributed by atoms with Gasteiger partial charge in [0.1, 0.15) is 5.56 Å². The van der Waals surface area contributed by atoms with Crippen molar-refractivity contribution in [1.29, 1.82) is 0 Å². The molecule has 0 bridgehead atoms. The largest absolute Gasteiger partial charge is 0.475 e. The van der Waals surface area contributed by atoms with Crippen LogP contribution in [0.2, 0.25) is 0 Å². The number of ketones is 2. The molecule has 1 aromatic rings. The number of fused-ring (bicyclic) bond motifs is 2. The number of Topliss-reactive ketones (excluding diaryl/α,β-unsaturated/α-hetero) is 1. The number of unbranched alkanes of at least 4 members (excludes halogenated alkanes) is 1. The first kappa shape index (κ1) is 16.9. The Morgan fingerprint density at radius 1 is 1.42 bits per heavy atom. The van der Waals surface area contributed by atoms with E-state index in [1.807, 2.05) is 25.1 Å². The monoisotopic (exact) mass is 332 g/mol. The lowest BCUT2D eigenvalue weighted by atomic mass is 9.58. The van der Waals surface area contributed by atoms with Gasteiger partial charge < -0.3 is 9.26 Å². The SMILES string of the molecule is CCCCOc1noc2c1C(=O)[C@@]1(C)C(=O)C=CC[C@H]1[C@@H]2N(C)C. The smallest absolute Gasteiger partial charge is 0.265 e. The number of carbonyl (C=O) groups is 2. The van der Waals surface area contributed by atoms with E-state index >= 15 is 0 Å². The van der Waals surface area contributed by atoms with Crippen molar-refractivity contribution in [2.45, 2.75) is 39.2 Å². The van der Waals surface area contributed by atoms with Crippen LogP contribution in [0.3, 0.4) is 0 Å². The van der Waals surface area contributed by atoms with Crippen molar-refractivity contribution >= 4 is 11.6 Å². The highest BCUT2D eigenvalue weighted by Gasteiger charge is 2.58. The number of carbonyl (C=O) groups excluding carboxylic acids is 2. The molecule has 2 aliphatic carbocycles. The highest BCUT2D eigenvalue weighted by Crippen LogP contribution is 2.53. The van der Waals surface area contributed by atoms with Crippen molar-refractivity contribution in [3.63, 3.8) is 0 Å². The topological polar surface area (TPSA) is 72.6 Å². The Balaban J connectivity index is 2.09. The van der Waals surface area contributed by atoms with Crippen molar-refractivity contribution in [2.75, 3.05) is 20.7 Å². The standard InChI is InChI=1S/C18H24N2O4/c1-5-6-10-23-17-13-15(24-19-17)14(20(3)4)11-8-7-9-12(21)18(11,2)16(13)22/h7,9,11,14H,5-6,8,10H2,1-4H3/t11-,14-,18+/m0/s1. The number of ether oxygens (including phenoxy) is 1. The van der Waals surface area contributed by atoms with E-state index in [2.05, 4.69) is 12.1 Å². The quantitative estimate of drug-likeness (QED) is 0.610. The van der Waals surface area contributed by atoms with Crippen LogP contribution in [0.1, 0.15) is 55.3 Å². The third kappa shape index (κ3) is 2.32. The molecule has 2 aliphatic rings. The Kier molecular flexibility index (Phi) is 4.34. The van der Waals surface area contributed by atoms with Gasteiger partial charge in [-0.3, -0.25) is 14.5 Å². The van der Waals surface area contributed by atoms with Crippen LogP contribution in [0.15, 0.2) is 16.7 Å². The van der Waals surface area contributed by atoms with E-state index in [1.165, 1.54) is 6.08 Å². The molecule has 0 saturated carbocycles. The van der Waals surface area contributed by atoms with Gasteiger partial charge in [0.15, 0.2) is 17.3 Å². The van der Waals surface area contributed by atoms with Crippen LogP contribution in [-0.2, 0) is 4.79 Å². The average Bonchev–Trinajstić information content (AvgIpc) is 2.94. The Labute approximate surface area is 141 Å². The number of hydrogen-bond donors (Lipinski definition) is 0. The first-order chi connectivity index (χ1) is 11.4. The molecule has 24 heavy (non-hydrogen) atoms. The molecule has 0 saturated heterocycles. The predicted molar refractivity (Wildman–Crippen MR) is 88.0 cm³/mol. The summed E-state index contributed by atoms with van der Waals surface area (Å²) in [6.07, 6.45) is 5.88.